The fourth-order valence-electron chi connectivity index (χ4n) is 3.62. The van der Waals surface area contributed by atoms with Crippen molar-refractivity contribution in [2.75, 3.05) is 19.7 Å². The minimum Gasteiger partial charge on any atom is -0.490 e. The molecular formula is C21H23FN4O2. The fourth-order valence-corrected chi connectivity index (χ4v) is 3.62. The van der Waals surface area contributed by atoms with Crippen LogP contribution in [0.25, 0.3) is 11.4 Å². The van der Waals surface area contributed by atoms with Crippen molar-refractivity contribution in [1.82, 2.24) is 19.7 Å². The van der Waals surface area contributed by atoms with Crippen LogP contribution in [-0.2, 0) is 7.05 Å². The number of aromatic nitrogens is 3. The summed E-state index contributed by atoms with van der Waals surface area (Å²) in [5.74, 6) is -0.000225. The van der Waals surface area contributed by atoms with E-state index < -0.39 is 0 Å². The summed E-state index contributed by atoms with van der Waals surface area (Å²) in [5, 5.41) is 7.14. The van der Waals surface area contributed by atoms with Gasteiger partial charge in [-0.05, 0) is 43.2 Å². The van der Waals surface area contributed by atoms with Crippen LogP contribution < -0.4 is 4.74 Å². The Kier molecular flexibility index (Phi) is 5.14. The zero-order chi connectivity index (χ0) is 19.5. The number of benzene rings is 1. The van der Waals surface area contributed by atoms with E-state index in [2.05, 4.69) is 10.2 Å². The Labute approximate surface area is 162 Å². The molecule has 1 aromatic carbocycles. The maximum Gasteiger partial charge on any atom is 0.271 e. The zero-order valence-electron chi connectivity index (χ0n) is 15.8. The van der Waals surface area contributed by atoms with Crippen molar-refractivity contribution >= 4 is 5.91 Å². The molecule has 3 aromatic rings. The molecule has 2 aromatic heterocycles. The van der Waals surface area contributed by atoms with Gasteiger partial charge in [0.2, 0.25) is 0 Å². The van der Waals surface area contributed by atoms with Gasteiger partial charge in [0.15, 0.2) is 11.6 Å². The van der Waals surface area contributed by atoms with E-state index in [1.807, 2.05) is 34.8 Å². The summed E-state index contributed by atoms with van der Waals surface area (Å²) >= 11 is 0. The highest BCUT2D eigenvalue weighted by Crippen LogP contribution is 2.23. The molecule has 146 valence electrons. The molecule has 1 amide bonds. The van der Waals surface area contributed by atoms with Gasteiger partial charge in [0.05, 0.1) is 12.3 Å². The lowest BCUT2D eigenvalue weighted by atomic mass is 9.98. The predicted octanol–water partition coefficient (Wildman–Crippen LogP) is 3.49. The number of aryl methyl sites for hydroxylation is 1. The molecule has 6 nitrogen and oxygen atoms in total. The highest BCUT2D eigenvalue weighted by Gasteiger charge is 2.26. The van der Waals surface area contributed by atoms with Crippen molar-refractivity contribution in [2.45, 2.75) is 12.8 Å². The van der Waals surface area contributed by atoms with Crippen LogP contribution in [0, 0.1) is 11.7 Å². The predicted molar refractivity (Wildman–Crippen MR) is 104 cm³/mol. The summed E-state index contributed by atoms with van der Waals surface area (Å²) in [6.07, 6.45) is 3.79. The van der Waals surface area contributed by atoms with Crippen LogP contribution in [0.3, 0.4) is 0 Å². The molecule has 0 saturated carbocycles. The number of nitrogens with one attached hydrogen (secondary N) is 1. The number of rotatable bonds is 5. The number of para-hydroxylation sites is 1. The van der Waals surface area contributed by atoms with E-state index in [9.17, 15) is 9.18 Å². The van der Waals surface area contributed by atoms with Gasteiger partial charge < -0.3 is 14.2 Å². The molecule has 7 heteroatoms. The van der Waals surface area contributed by atoms with Crippen LogP contribution in [-0.4, -0.2) is 45.3 Å². The Bertz CT molecular complexity index is 965. The molecule has 1 N–H and O–H groups in total. The molecule has 0 aliphatic carbocycles. The van der Waals surface area contributed by atoms with Crippen LogP contribution in [0.5, 0.6) is 5.75 Å². The number of hydrogen-bond acceptors (Lipinski definition) is 3. The number of piperidine rings is 1. The topological polar surface area (TPSA) is 63.1 Å². The molecule has 1 saturated heterocycles. The summed E-state index contributed by atoms with van der Waals surface area (Å²) in [5.41, 5.74) is 2.17. The molecule has 3 heterocycles. The van der Waals surface area contributed by atoms with Crippen LogP contribution in [0.15, 0.2) is 48.7 Å². The zero-order valence-corrected chi connectivity index (χ0v) is 15.8. The standard InChI is InChI=1S/C21H23FN4O2/c1-25-10-5-8-19(25)17-12-18(24-23-17)21(27)26-11-4-6-15(13-26)14-28-20-9-3-2-7-16(20)22/h2-3,5,7-10,12,15H,4,6,11,13-14H2,1H3,(H,23,24)/t15-/m1/s1. The molecule has 28 heavy (non-hydrogen) atoms. The molecule has 1 aliphatic heterocycles. The van der Waals surface area contributed by atoms with E-state index in [1.165, 1.54) is 6.07 Å². The van der Waals surface area contributed by atoms with Crippen molar-refractivity contribution in [1.29, 1.82) is 0 Å². The first-order chi connectivity index (χ1) is 13.6. The number of halogens is 1. The first-order valence-corrected chi connectivity index (χ1v) is 9.45. The molecule has 1 aliphatic rings. The Balaban J connectivity index is 1.39. The molecule has 0 radical (unpaired) electrons. The van der Waals surface area contributed by atoms with Crippen LogP contribution in [0.4, 0.5) is 4.39 Å². The molecule has 1 fully saturated rings. The van der Waals surface area contributed by atoms with Gasteiger partial charge in [-0.2, -0.15) is 5.10 Å². The first-order valence-electron chi connectivity index (χ1n) is 9.45. The van der Waals surface area contributed by atoms with Crippen molar-refractivity contribution in [2.24, 2.45) is 13.0 Å². The molecular weight excluding hydrogens is 359 g/mol. The quantitative estimate of drug-likeness (QED) is 0.735. The van der Waals surface area contributed by atoms with Gasteiger partial charge in [0.25, 0.3) is 5.91 Å². The van der Waals surface area contributed by atoms with Gasteiger partial charge >= 0.3 is 0 Å². The number of hydrogen-bond donors (Lipinski definition) is 1. The number of ether oxygens (including phenoxy) is 1. The van der Waals surface area contributed by atoms with E-state index in [4.69, 9.17) is 4.74 Å². The van der Waals surface area contributed by atoms with E-state index in [0.717, 1.165) is 24.2 Å². The van der Waals surface area contributed by atoms with E-state index in [-0.39, 0.29) is 23.4 Å². The molecule has 0 bridgehead atoms. The second-order valence-electron chi connectivity index (χ2n) is 7.17. The molecule has 1 atom stereocenters. The largest absolute Gasteiger partial charge is 0.490 e. The summed E-state index contributed by atoms with van der Waals surface area (Å²) in [6.45, 7) is 1.68. The number of amides is 1. The minimum absolute atomic E-state index is 0.0662. The van der Waals surface area contributed by atoms with E-state index >= 15 is 0 Å². The lowest BCUT2D eigenvalue weighted by Gasteiger charge is -2.32. The maximum absolute atomic E-state index is 13.7. The molecule has 0 spiro atoms. The smallest absolute Gasteiger partial charge is 0.271 e. The average Bonchev–Trinajstić information content (AvgIpc) is 3.36. The minimum atomic E-state index is -0.364. The molecule has 4 rings (SSSR count). The Morgan fingerprint density at radius 2 is 2.18 bits per heavy atom. The van der Waals surface area contributed by atoms with Gasteiger partial charge in [-0.3, -0.25) is 9.89 Å². The third kappa shape index (κ3) is 3.78. The van der Waals surface area contributed by atoms with Crippen molar-refractivity contribution in [3.63, 3.8) is 0 Å². The number of likely N-dealkylation sites (tertiary alicyclic amines) is 1. The van der Waals surface area contributed by atoms with E-state index in [0.29, 0.717) is 25.4 Å². The summed E-state index contributed by atoms with van der Waals surface area (Å²) in [6, 6.07) is 12.1. The SMILES string of the molecule is Cn1cccc1-c1cc(C(=O)N2CCC[C@@H](COc3ccccc3F)C2)[nH]n1. The Morgan fingerprint density at radius 1 is 1.32 bits per heavy atom. The Morgan fingerprint density at radius 3 is 2.96 bits per heavy atom. The summed E-state index contributed by atoms with van der Waals surface area (Å²) < 4.78 is 21.3. The summed E-state index contributed by atoms with van der Waals surface area (Å²) in [4.78, 5) is 14.7. The van der Waals surface area contributed by atoms with E-state index in [1.54, 1.807) is 24.3 Å². The van der Waals surface area contributed by atoms with Gasteiger partial charge in [-0.15, -0.1) is 0 Å². The maximum atomic E-state index is 13.7. The second-order valence-corrected chi connectivity index (χ2v) is 7.17. The summed E-state index contributed by atoms with van der Waals surface area (Å²) in [7, 11) is 1.94. The number of nitrogens with zero attached hydrogens (tertiary/aromatic N) is 3. The van der Waals surface area contributed by atoms with Crippen molar-refractivity contribution in [3.05, 3.63) is 60.2 Å². The van der Waals surface area contributed by atoms with Crippen molar-refractivity contribution in [3.8, 4) is 17.1 Å². The van der Waals surface area contributed by atoms with Gasteiger partial charge in [0.1, 0.15) is 11.4 Å². The highest BCUT2D eigenvalue weighted by atomic mass is 19.1. The number of carbonyl (C=O) groups is 1. The first kappa shape index (κ1) is 18.3. The van der Waals surface area contributed by atoms with Crippen LogP contribution in [0.1, 0.15) is 23.3 Å². The van der Waals surface area contributed by atoms with Crippen molar-refractivity contribution < 1.29 is 13.9 Å². The third-order valence-corrected chi connectivity index (χ3v) is 5.13. The fraction of sp³-hybridized carbons (Fsp3) is 0.333. The van der Waals surface area contributed by atoms with Gasteiger partial charge in [0, 0.05) is 32.3 Å². The number of H-pyrrole nitrogens is 1. The monoisotopic (exact) mass is 382 g/mol. The third-order valence-electron chi connectivity index (χ3n) is 5.13. The van der Waals surface area contributed by atoms with Gasteiger partial charge in [-0.25, -0.2) is 4.39 Å². The lowest BCUT2D eigenvalue weighted by molar-refractivity contribution is 0.0625. The number of carbonyl (C=O) groups excluding carboxylic acids is 1. The highest BCUT2D eigenvalue weighted by molar-refractivity contribution is 5.93. The second kappa shape index (κ2) is 7.88. The lowest BCUT2D eigenvalue weighted by Crippen LogP contribution is -2.41. The normalized spacial score (nSPS) is 16.9. The average molecular weight is 382 g/mol. The van der Waals surface area contributed by atoms with Crippen LogP contribution in [0.2, 0.25) is 0 Å². The van der Waals surface area contributed by atoms with Crippen LogP contribution >= 0.6 is 0 Å². The van der Waals surface area contributed by atoms with Gasteiger partial charge in [-0.1, -0.05) is 12.1 Å². The molecule has 0 unspecified atom stereocenters. The number of aromatic amines is 1. The Hall–Kier alpha value is -3.09.